The van der Waals surface area contributed by atoms with Gasteiger partial charge in [-0.3, -0.25) is 9.59 Å². The Bertz CT molecular complexity index is 1190. The second kappa shape index (κ2) is 10.5. The van der Waals surface area contributed by atoms with Crippen LogP contribution in [0.4, 0.5) is 18.9 Å². The summed E-state index contributed by atoms with van der Waals surface area (Å²) in [4.78, 5) is 25.2. The summed E-state index contributed by atoms with van der Waals surface area (Å²) in [7, 11) is 0. The summed E-state index contributed by atoms with van der Waals surface area (Å²) in [5, 5.41) is 13.4. The lowest BCUT2D eigenvalue weighted by molar-refractivity contribution is -0.115. The number of hydrogen-bond acceptors (Lipinski definition) is 4. The Labute approximate surface area is 186 Å². The molecular weight excluding hydrogens is 439 g/mol. The highest BCUT2D eigenvalue weighted by Crippen LogP contribution is 2.26. The Balaban J connectivity index is 1.60. The Morgan fingerprint density at radius 2 is 1.66 bits per heavy atom. The Morgan fingerprint density at radius 3 is 2.38 bits per heavy atom. The third-order valence-corrected chi connectivity index (χ3v) is 5.47. The summed E-state index contributed by atoms with van der Waals surface area (Å²) in [6.07, 6.45) is 0. The van der Waals surface area contributed by atoms with Crippen LogP contribution in [0.25, 0.3) is 0 Å². The van der Waals surface area contributed by atoms with Crippen molar-refractivity contribution in [2.45, 2.75) is 10.6 Å². The number of rotatable bonds is 7. The number of carbonyl (C=O) groups is 2. The topological polar surface area (TPSA) is 82.0 Å². The van der Waals surface area contributed by atoms with Gasteiger partial charge in [0.05, 0.1) is 29.4 Å². The van der Waals surface area contributed by atoms with Crippen LogP contribution in [0.2, 0.25) is 0 Å². The van der Waals surface area contributed by atoms with Crippen LogP contribution in [-0.4, -0.2) is 18.4 Å². The maximum Gasteiger partial charge on any atom is 0.252 e. The molecule has 162 valence electrons. The number of halogens is 3. The number of carbonyl (C=O) groups excluding carboxylic acids is 2. The first-order valence-electron chi connectivity index (χ1n) is 9.31. The number of benzene rings is 3. The zero-order chi connectivity index (χ0) is 23.1. The summed E-state index contributed by atoms with van der Waals surface area (Å²) < 4.78 is 39.9. The van der Waals surface area contributed by atoms with Gasteiger partial charge in [0, 0.05) is 10.6 Å². The minimum absolute atomic E-state index is 0.345. The molecular formula is C23H16F3N3O2S. The third-order valence-electron chi connectivity index (χ3n) is 4.33. The quantitative estimate of drug-likeness (QED) is 0.402. The number of anilines is 1. The zero-order valence-electron chi connectivity index (χ0n) is 16.5. The molecule has 0 unspecified atom stereocenters. The van der Waals surface area contributed by atoms with Crippen molar-refractivity contribution in [2.24, 2.45) is 0 Å². The molecule has 0 aliphatic rings. The van der Waals surface area contributed by atoms with E-state index in [1.807, 2.05) is 12.1 Å². The summed E-state index contributed by atoms with van der Waals surface area (Å²) in [5.74, 6) is -5.34. The molecule has 0 saturated carbocycles. The fourth-order valence-electron chi connectivity index (χ4n) is 2.69. The molecule has 3 aromatic rings. The van der Waals surface area contributed by atoms with Gasteiger partial charge < -0.3 is 10.6 Å². The lowest BCUT2D eigenvalue weighted by atomic mass is 10.2. The summed E-state index contributed by atoms with van der Waals surface area (Å²) in [5.41, 5.74) is 1.34. The zero-order valence-corrected chi connectivity index (χ0v) is 17.3. The van der Waals surface area contributed by atoms with E-state index in [0.717, 1.165) is 11.6 Å². The van der Waals surface area contributed by atoms with Crippen LogP contribution in [0.15, 0.2) is 65.6 Å². The van der Waals surface area contributed by atoms with Gasteiger partial charge in [0.25, 0.3) is 5.91 Å². The molecule has 32 heavy (non-hydrogen) atoms. The molecule has 0 bridgehead atoms. The first kappa shape index (κ1) is 22.9. The molecule has 2 N–H and O–H groups in total. The highest BCUT2D eigenvalue weighted by Gasteiger charge is 2.17. The predicted octanol–water partition coefficient (Wildman–Crippen LogP) is 4.64. The molecule has 0 aliphatic heterocycles. The van der Waals surface area contributed by atoms with Gasteiger partial charge in [0.1, 0.15) is 0 Å². The molecule has 5 nitrogen and oxygen atoms in total. The molecule has 0 heterocycles. The van der Waals surface area contributed by atoms with E-state index in [1.54, 1.807) is 36.4 Å². The smallest absolute Gasteiger partial charge is 0.252 e. The normalized spacial score (nSPS) is 10.3. The standard InChI is InChI=1S/C23H16F3N3O2S/c24-17-9-10-18(22(26)21(17)25)29-20(30)12-28-23(31)16-3-1-2-4-19(16)32-13-15-7-5-14(11-27)6-8-15/h1-10H,12-13H2,(H,28,31)(H,29,30). The Morgan fingerprint density at radius 1 is 0.938 bits per heavy atom. The highest BCUT2D eigenvalue weighted by molar-refractivity contribution is 7.98. The van der Waals surface area contributed by atoms with Gasteiger partial charge in [0.15, 0.2) is 17.5 Å². The van der Waals surface area contributed by atoms with Gasteiger partial charge >= 0.3 is 0 Å². The van der Waals surface area contributed by atoms with Crippen molar-refractivity contribution in [1.29, 1.82) is 5.26 Å². The average Bonchev–Trinajstić information content (AvgIpc) is 2.82. The number of nitriles is 1. The molecule has 0 aromatic heterocycles. The van der Waals surface area contributed by atoms with Crippen LogP contribution in [0, 0.1) is 28.8 Å². The largest absolute Gasteiger partial charge is 0.343 e. The monoisotopic (exact) mass is 455 g/mol. The molecule has 9 heteroatoms. The van der Waals surface area contributed by atoms with Crippen LogP contribution < -0.4 is 10.6 Å². The van der Waals surface area contributed by atoms with Crippen molar-refractivity contribution in [3.8, 4) is 6.07 Å². The minimum atomic E-state index is -1.69. The number of amides is 2. The van der Waals surface area contributed by atoms with E-state index in [4.69, 9.17) is 5.26 Å². The molecule has 0 aliphatic carbocycles. The van der Waals surface area contributed by atoms with Crippen LogP contribution in [0.5, 0.6) is 0 Å². The van der Waals surface area contributed by atoms with E-state index in [9.17, 15) is 22.8 Å². The second-order valence-electron chi connectivity index (χ2n) is 6.55. The van der Waals surface area contributed by atoms with Gasteiger partial charge in [-0.25, -0.2) is 13.2 Å². The molecule has 2 amide bonds. The van der Waals surface area contributed by atoms with Crippen LogP contribution in [0.3, 0.4) is 0 Å². The minimum Gasteiger partial charge on any atom is -0.343 e. The molecule has 0 saturated heterocycles. The number of nitrogens with one attached hydrogen (secondary N) is 2. The van der Waals surface area contributed by atoms with Gasteiger partial charge in [0.2, 0.25) is 5.91 Å². The molecule has 0 atom stereocenters. The highest BCUT2D eigenvalue weighted by atomic mass is 32.2. The van der Waals surface area contributed by atoms with Crippen molar-refractivity contribution >= 4 is 29.3 Å². The van der Waals surface area contributed by atoms with Gasteiger partial charge in [-0.05, 0) is 42.0 Å². The van der Waals surface area contributed by atoms with Crippen molar-refractivity contribution in [2.75, 3.05) is 11.9 Å². The van der Waals surface area contributed by atoms with E-state index in [2.05, 4.69) is 16.7 Å². The van der Waals surface area contributed by atoms with Crippen LogP contribution in [0.1, 0.15) is 21.5 Å². The van der Waals surface area contributed by atoms with Gasteiger partial charge in [-0.1, -0.05) is 24.3 Å². The summed E-state index contributed by atoms with van der Waals surface area (Å²) in [6, 6.07) is 17.5. The molecule has 0 spiro atoms. The lowest BCUT2D eigenvalue weighted by Gasteiger charge is -2.11. The van der Waals surface area contributed by atoms with Crippen LogP contribution in [-0.2, 0) is 10.5 Å². The molecule has 3 aromatic carbocycles. The SMILES string of the molecule is N#Cc1ccc(CSc2ccccc2C(=O)NCC(=O)Nc2ccc(F)c(F)c2F)cc1. The second-order valence-corrected chi connectivity index (χ2v) is 7.56. The van der Waals surface area contributed by atoms with E-state index < -0.39 is 41.5 Å². The maximum absolute atomic E-state index is 13.7. The third kappa shape index (κ3) is 5.68. The van der Waals surface area contributed by atoms with Gasteiger partial charge in [-0.15, -0.1) is 11.8 Å². The molecule has 0 radical (unpaired) electrons. The van der Waals surface area contributed by atoms with E-state index in [1.165, 1.54) is 11.8 Å². The van der Waals surface area contributed by atoms with Crippen molar-refractivity contribution < 1.29 is 22.8 Å². The van der Waals surface area contributed by atoms with Crippen molar-refractivity contribution in [3.63, 3.8) is 0 Å². The van der Waals surface area contributed by atoms with Gasteiger partial charge in [-0.2, -0.15) is 5.26 Å². The molecule has 3 rings (SSSR count). The van der Waals surface area contributed by atoms with Crippen LogP contribution >= 0.6 is 11.8 Å². The Hall–Kier alpha value is -3.77. The first-order chi connectivity index (χ1) is 15.4. The van der Waals surface area contributed by atoms with Crippen molar-refractivity contribution in [3.05, 3.63) is 94.8 Å². The first-order valence-corrected chi connectivity index (χ1v) is 10.3. The number of hydrogen-bond donors (Lipinski definition) is 2. The number of thioether (sulfide) groups is 1. The van der Waals surface area contributed by atoms with Crippen molar-refractivity contribution in [1.82, 2.24) is 5.32 Å². The van der Waals surface area contributed by atoms with E-state index in [-0.39, 0.29) is 0 Å². The predicted molar refractivity (Wildman–Crippen MR) is 114 cm³/mol. The Kier molecular flexibility index (Phi) is 7.52. The summed E-state index contributed by atoms with van der Waals surface area (Å²) >= 11 is 1.41. The summed E-state index contributed by atoms with van der Waals surface area (Å²) in [6.45, 7) is -0.494. The fourth-order valence-corrected chi connectivity index (χ4v) is 3.69. The van der Waals surface area contributed by atoms with E-state index in [0.29, 0.717) is 27.8 Å². The fraction of sp³-hybridized carbons (Fsp3) is 0.0870. The average molecular weight is 455 g/mol. The van der Waals surface area contributed by atoms with E-state index >= 15 is 0 Å². The lowest BCUT2D eigenvalue weighted by Crippen LogP contribution is -2.33. The number of nitrogens with zero attached hydrogens (tertiary/aromatic N) is 1. The molecule has 0 fully saturated rings. The maximum atomic E-state index is 13.7.